The molecule has 10 heteroatoms. The highest BCUT2D eigenvalue weighted by Gasteiger charge is 2.70. The van der Waals surface area contributed by atoms with E-state index in [9.17, 15) is 24.3 Å². The number of nitrogens with one attached hydrogen (secondary N) is 1. The van der Waals surface area contributed by atoms with E-state index in [0.717, 1.165) is 26.8 Å². The zero-order valence-electron chi connectivity index (χ0n) is 18.4. The number of aromatic amines is 1. The first-order valence-corrected chi connectivity index (χ1v) is 13.5. The van der Waals surface area contributed by atoms with E-state index in [1.807, 2.05) is 24.3 Å². The Hall–Kier alpha value is -2.10. The molecule has 0 spiro atoms. The molecule has 1 saturated heterocycles. The lowest BCUT2D eigenvalue weighted by Crippen LogP contribution is -2.49. The highest BCUT2D eigenvalue weighted by molar-refractivity contribution is 8.00. The lowest BCUT2D eigenvalue weighted by Gasteiger charge is -2.43. The molecule has 2 amide bonds. The van der Waals surface area contributed by atoms with Crippen LogP contribution in [0.25, 0.3) is 0 Å². The monoisotopic (exact) mass is 518 g/mol. The second-order valence-corrected chi connectivity index (χ2v) is 12.7. The number of carboxylic acid groups (broad SMARTS) is 1. The summed E-state index contributed by atoms with van der Waals surface area (Å²) in [5.41, 5.74) is 1.04. The number of hydrogen-bond acceptors (Lipinski definition) is 6. The van der Waals surface area contributed by atoms with Gasteiger partial charge in [-0.15, -0.1) is 11.8 Å². The molecule has 6 rings (SSSR count). The van der Waals surface area contributed by atoms with Crippen LogP contribution < -0.4 is 4.87 Å². The summed E-state index contributed by atoms with van der Waals surface area (Å²) < 4.78 is 0. The average Bonchev–Trinajstić information content (AvgIpc) is 3.49. The summed E-state index contributed by atoms with van der Waals surface area (Å²) in [4.78, 5) is 56.3. The van der Waals surface area contributed by atoms with Crippen molar-refractivity contribution in [2.45, 2.75) is 42.5 Å². The summed E-state index contributed by atoms with van der Waals surface area (Å²) in [7, 11) is 0. The van der Waals surface area contributed by atoms with E-state index in [2.05, 4.69) is 4.98 Å². The van der Waals surface area contributed by atoms with E-state index >= 15 is 0 Å². The molecule has 1 aromatic heterocycles. The van der Waals surface area contributed by atoms with E-state index < -0.39 is 23.8 Å². The Kier molecular flexibility index (Phi) is 5.07. The number of likely N-dealkylation sites (tertiary alicyclic amines) is 1. The van der Waals surface area contributed by atoms with Gasteiger partial charge in [-0.2, -0.15) is 0 Å². The molecule has 2 bridgehead atoms. The number of imide groups is 1. The van der Waals surface area contributed by atoms with E-state index in [0.29, 0.717) is 5.02 Å². The SMILES string of the molecule is CC(C)[C@H](C(=O)O)N1C(=O)[C@@H]2[C@@H]3C[C@H]([C@H]4Sc5[nH]c(=O)sc5[C@@H](c5ccc(Cl)cc5)[C@H]34)[C@@H]2C1=O. The fourth-order valence-electron chi connectivity index (χ4n) is 7.05. The van der Waals surface area contributed by atoms with Crippen molar-refractivity contribution in [2.24, 2.45) is 35.5 Å². The third kappa shape index (κ3) is 2.96. The van der Waals surface area contributed by atoms with Crippen molar-refractivity contribution in [3.63, 3.8) is 0 Å². The maximum atomic E-state index is 13.6. The Morgan fingerprint density at radius 2 is 1.76 bits per heavy atom. The first kappa shape index (κ1) is 22.4. The molecule has 2 aliphatic carbocycles. The van der Waals surface area contributed by atoms with Gasteiger partial charge in [-0.25, -0.2) is 4.79 Å². The first-order chi connectivity index (χ1) is 16.2. The molecule has 8 atom stereocenters. The molecule has 2 N–H and O–H groups in total. The molecule has 2 saturated carbocycles. The van der Waals surface area contributed by atoms with Crippen LogP contribution in [0.4, 0.5) is 0 Å². The summed E-state index contributed by atoms with van der Waals surface area (Å²) >= 11 is 8.97. The van der Waals surface area contributed by atoms with Gasteiger partial charge in [0.25, 0.3) is 0 Å². The number of nitrogens with zero attached hydrogens (tertiary/aromatic N) is 1. The van der Waals surface area contributed by atoms with Crippen molar-refractivity contribution in [3.05, 3.63) is 49.4 Å². The minimum absolute atomic E-state index is 0.0283. The highest BCUT2D eigenvalue weighted by atomic mass is 35.5. The van der Waals surface area contributed by atoms with Crippen LogP contribution in [-0.2, 0) is 14.4 Å². The molecule has 0 unspecified atom stereocenters. The van der Waals surface area contributed by atoms with Crippen LogP contribution in [0.1, 0.15) is 36.6 Å². The van der Waals surface area contributed by atoms with Gasteiger partial charge in [0.2, 0.25) is 11.8 Å². The van der Waals surface area contributed by atoms with Gasteiger partial charge in [0.15, 0.2) is 0 Å². The van der Waals surface area contributed by atoms with Crippen LogP contribution in [0, 0.1) is 35.5 Å². The number of aliphatic carboxylic acids is 1. The van der Waals surface area contributed by atoms with Crippen molar-refractivity contribution in [3.8, 4) is 0 Å². The number of carbonyl (C=O) groups excluding carboxylic acids is 2. The molecular weight excluding hydrogens is 496 g/mol. The molecule has 2 aromatic rings. The van der Waals surface area contributed by atoms with Gasteiger partial charge in [-0.05, 0) is 47.8 Å². The largest absolute Gasteiger partial charge is 0.480 e. The zero-order valence-corrected chi connectivity index (χ0v) is 20.8. The van der Waals surface area contributed by atoms with E-state index in [4.69, 9.17) is 11.6 Å². The van der Waals surface area contributed by atoms with Gasteiger partial charge in [0.05, 0.1) is 16.9 Å². The lowest BCUT2D eigenvalue weighted by atomic mass is 9.68. The Bertz CT molecular complexity index is 1270. The molecule has 34 heavy (non-hydrogen) atoms. The average molecular weight is 519 g/mol. The van der Waals surface area contributed by atoms with Crippen molar-refractivity contribution in [1.29, 1.82) is 0 Å². The lowest BCUT2D eigenvalue weighted by molar-refractivity contribution is -0.157. The number of rotatable bonds is 4. The van der Waals surface area contributed by atoms with E-state index in [-0.39, 0.29) is 51.5 Å². The number of fused-ring (bicyclic) bond motifs is 9. The van der Waals surface area contributed by atoms with Gasteiger partial charge in [-0.1, -0.05) is 48.9 Å². The van der Waals surface area contributed by atoms with Gasteiger partial charge < -0.3 is 10.1 Å². The molecule has 7 nitrogen and oxygen atoms in total. The summed E-state index contributed by atoms with van der Waals surface area (Å²) in [6.45, 7) is 3.45. The van der Waals surface area contributed by atoms with Crippen LogP contribution in [-0.4, -0.2) is 44.1 Å². The van der Waals surface area contributed by atoms with Gasteiger partial charge >= 0.3 is 10.8 Å². The molecular formula is C24H23ClN2O5S2. The van der Waals surface area contributed by atoms with Gasteiger partial charge in [0, 0.05) is 21.1 Å². The van der Waals surface area contributed by atoms with E-state index in [1.165, 1.54) is 11.3 Å². The summed E-state index contributed by atoms with van der Waals surface area (Å²) in [6.07, 6.45) is 0.770. The summed E-state index contributed by atoms with van der Waals surface area (Å²) in [6, 6.07) is 6.48. The van der Waals surface area contributed by atoms with E-state index in [1.54, 1.807) is 25.6 Å². The number of amides is 2. The molecule has 3 heterocycles. The first-order valence-electron chi connectivity index (χ1n) is 11.4. The van der Waals surface area contributed by atoms with Crippen LogP contribution in [0.2, 0.25) is 5.02 Å². The maximum absolute atomic E-state index is 13.6. The highest BCUT2D eigenvalue weighted by Crippen LogP contribution is 2.68. The topological polar surface area (TPSA) is 108 Å². The normalized spacial score (nSPS) is 34.4. The number of aromatic nitrogens is 1. The minimum atomic E-state index is -1.15. The number of carboxylic acids is 1. The third-order valence-electron chi connectivity index (χ3n) is 8.15. The number of H-pyrrole nitrogens is 1. The number of carbonyl (C=O) groups is 3. The fraction of sp³-hybridized carbons (Fsp3) is 0.500. The quantitative estimate of drug-likeness (QED) is 0.598. The smallest absolute Gasteiger partial charge is 0.327 e. The standard InChI is InChI=1S/C24H23ClN2O5S2/c1-8(2)17(23(30)31)27-21(28)15-11-7-12(16(15)22(27)29)18-14(11)13(9-3-5-10(25)6-4-9)19-20(33-18)26-24(32)34-19/h3-6,8,11-18H,7H2,1-2H3,(H,26,32)(H,30,31)/t11-,12+,13+,14+,15-,16+,17-,18-/m1/s1. The molecule has 2 aliphatic heterocycles. The van der Waals surface area contributed by atoms with Crippen LogP contribution in [0.3, 0.4) is 0 Å². The fourth-order valence-corrected chi connectivity index (χ4v) is 10.1. The third-order valence-corrected chi connectivity index (χ3v) is 11.0. The van der Waals surface area contributed by atoms with Crippen LogP contribution in [0.5, 0.6) is 0 Å². The summed E-state index contributed by atoms with van der Waals surface area (Å²) in [5.74, 6) is -3.24. The zero-order chi connectivity index (χ0) is 24.0. The van der Waals surface area contributed by atoms with Gasteiger partial charge in [0.1, 0.15) is 6.04 Å². The Labute approximate surface area is 208 Å². The predicted octanol–water partition coefficient (Wildman–Crippen LogP) is 3.67. The predicted molar refractivity (Wildman–Crippen MR) is 128 cm³/mol. The molecule has 4 aliphatic rings. The minimum Gasteiger partial charge on any atom is -0.480 e. The Balaban J connectivity index is 1.44. The number of thioether (sulfide) groups is 1. The van der Waals surface area contributed by atoms with Crippen LogP contribution in [0.15, 0.2) is 34.1 Å². The Morgan fingerprint density at radius 3 is 2.38 bits per heavy atom. The number of halogens is 1. The molecule has 178 valence electrons. The van der Waals surface area contributed by atoms with Crippen molar-refractivity contribution >= 4 is 52.5 Å². The number of thiazole rings is 1. The maximum Gasteiger partial charge on any atom is 0.327 e. The molecule has 0 radical (unpaired) electrons. The van der Waals surface area contributed by atoms with Crippen molar-refractivity contribution < 1.29 is 19.5 Å². The number of hydrogen-bond donors (Lipinski definition) is 2. The summed E-state index contributed by atoms with van der Waals surface area (Å²) in [5, 5.41) is 11.3. The van der Waals surface area contributed by atoms with Gasteiger partial charge in [-0.3, -0.25) is 19.3 Å². The number of benzene rings is 1. The van der Waals surface area contributed by atoms with Crippen molar-refractivity contribution in [2.75, 3.05) is 0 Å². The second kappa shape index (κ2) is 7.70. The second-order valence-electron chi connectivity index (χ2n) is 10.1. The van der Waals surface area contributed by atoms with Crippen molar-refractivity contribution in [1.82, 2.24) is 9.88 Å². The molecule has 3 fully saturated rings. The molecule has 1 aromatic carbocycles. The van der Waals surface area contributed by atoms with Crippen LogP contribution >= 0.6 is 34.7 Å². The Morgan fingerprint density at radius 1 is 1.12 bits per heavy atom.